The highest BCUT2D eigenvalue weighted by Gasteiger charge is 2.12. The fourth-order valence-corrected chi connectivity index (χ4v) is 3.89. The Morgan fingerprint density at radius 2 is 2.07 bits per heavy atom. The van der Waals surface area contributed by atoms with Crippen molar-refractivity contribution < 1.29 is 4.79 Å². The molecule has 0 saturated carbocycles. The predicted molar refractivity (Wildman–Crippen MR) is 109 cm³/mol. The average molecular weight is 397 g/mol. The van der Waals surface area contributed by atoms with E-state index in [0.717, 1.165) is 22.0 Å². The molecule has 2 heterocycles. The highest BCUT2D eigenvalue weighted by molar-refractivity contribution is 7.15. The summed E-state index contributed by atoms with van der Waals surface area (Å²) in [5.41, 5.74) is 3.76. The van der Waals surface area contributed by atoms with Gasteiger partial charge in [0.15, 0.2) is 5.82 Å². The van der Waals surface area contributed by atoms with Crippen LogP contribution in [0.2, 0.25) is 5.02 Å². The van der Waals surface area contributed by atoms with Crippen LogP contribution in [0.1, 0.15) is 21.6 Å². The molecule has 0 fully saturated rings. The van der Waals surface area contributed by atoms with Crippen LogP contribution in [-0.4, -0.2) is 27.0 Å². The van der Waals surface area contributed by atoms with Gasteiger partial charge in [0, 0.05) is 34.5 Å². The number of thiazole rings is 1. The molecule has 2 aromatic heterocycles. The Balaban J connectivity index is 1.46. The molecule has 0 bridgehead atoms. The number of carbonyl (C=O) groups excluding carboxylic acids is 1. The summed E-state index contributed by atoms with van der Waals surface area (Å²) >= 11 is 7.48. The number of hydrogen-bond donors (Lipinski definition) is 1. The van der Waals surface area contributed by atoms with Crippen molar-refractivity contribution in [2.75, 3.05) is 6.54 Å². The molecule has 1 amide bonds. The van der Waals surface area contributed by atoms with Crippen molar-refractivity contribution in [2.45, 2.75) is 13.3 Å². The molecule has 0 spiro atoms. The molecule has 4 rings (SSSR count). The van der Waals surface area contributed by atoms with E-state index in [0.29, 0.717) is 23.6 Å². The highest BCUT2D eigenvalue weighted by atomic mass is 35.5. The van der Waals surface area contributed by atoms with Gasteiger partial charge in [0.2, 0.25) is 4.96 Å². The number of aromatic nitrogens is 3. The Bertz CT molecular complexity index is 1120. The number of nitrogens with one attached hydrogen (secondary N) is 1. The maximum absolute atomic E-state index is 12.2. The number of benzene rings is 2. The first-order valence-corrected chi connectivity index (χ1v) is 9.80. The minimum absolute atomic E-state index is 0.136. The lowest BCUT2D eigenvalue weighted by Crippen LogP contribution is -2.26. The monoisotopic (exact) mass is 396 g/mol. The van der Waals surface area contributed by atoms with Crippen LogP contribution in [0.3, 0.4) is 0 Å². The van der Waals surface area contributed by atoms with Crippen molar-refractivity contribution in [3.8, 4) is 11.4 Å². The number of aryl methyl sites for hydroxylation is 1. The average Bonchev–Trinajstić information content (AvgIpc) is 3.23. The maximum Gasteiger partial charge on any atom is 0.251 e. The van der Waals surface area contributed by atoms with E-state index >= 15 is 0 Å². The first kappa shape index (κ1) is 17.7. The number of halogens is 1. The zero-order chi connectivity index (χ0) is 18.8. The number of carbonyl (C=O) groups is 1. The summed E-state index contributed by atoms with van der Waals surface area (Å²) in [6.07, 6.45) is 0.670. The van der Waals surface area contributed by atoms with Gasteiger partial charge in [-0.2, -0.15) is 4.98 Å². The molecule has 7 heteroatoms. The molecule has 0 aliphatic carbocycles. The molecule has 0 unspecified atom stereocenters. The lowest BCUT2D eigenvalue weighted by molar-refractivity contribution is 0.0954. The molecule has 27 heavy (non-hydrogen) atoms. The third kappa shape index (κ3) is 3.86. The maximum atomic E-state index is 12.2. The third-order valence-corrected chi connectivity index (χ3v) is 5.28. The second-order valence-corrected chi connectivity index (χ2v) is 7.52. The summed E-state index contributed by atoms with van der Waals surface area (Å²) < 4.78 is 1.86. The van der Waals surface area contributed by atoms with Crippen molar-refractivity contribution in [1.82, 2.24) is 19.9 Å². The van der Waals surface area contributed by atoms with Gasteiger partial charge in [-0.1, -0.05) is 41.4 Å². The van der Waals surface area contributed by atoms with Crippen LogP contribution >= 0.6 is 22.9 Å². The molecule has 5 nitrogen and oxygen atoms in total. The summed E-state index contributed by atoms with van der Waals surface area (Å²) in [5.74, 6) is 0.581. The van der Waals surface area contributed by atoms with Crippen molar-refractivity contribution >= 4 is 33.8 Å². The molecule has 2 aromatic carbocycles. The lowest BCUT2D eigenvalue weighted by atomic mass is 10.1. The van der Waals surface area contributed by atoms with Crippen LogP contribution in [0.4, 0.5) is 0 Å². The van der Waals surface area contributed by atoms with Gasteiger partial charge in [0.25, 0.3) is 5.91 Å². The van der Waals surface area contributed by atoms with E-state index in [1.165, 1.54) is 5.56 Å². The number of hydrogen-bond acceptors (Lipinski definition) is 4. The summed E-state index contributed by atoms with van der Waals surface area (Å²) in [5, 5.41) is 10.1. The largest absolute Gasteiger partial charge is 0.352 e. The standard InChI is InChI=1S/C20H17ClN4OS/c1-13-4-2-5-14(10-13)18-23-20-25(24-18)17(12-27-20)8-9-22-19(26)15-6-3-7-16(21)11-15/h2-7,10-12H,8-9H2,1H3,(H,22,26). The Morgan fingerprint density at radius 3 is 2.89 bits per heavy atom. The summed E-state index contributed by atoms with van der Waals surface area (Å²) in [6.45, 7) is 2.56. The molecule has 1 N–H and O–H groups in total. The van der Waals surface area contributed by atoms with E-state index in [2.05, 4.69) is 34.5 Å². The minimum Gasteiger partial charge on any atom is -0.352 e. The van der Waals surface area contributed by atoms with Crippen LogP contribution < -0.4 is 5.32 Å². The highest BCUT2D eigenvalue weighted by Crippen LogP contribution is 2.21. The molecule has 0 atom stereocenters. The van der Waals surface area contributed by atoms with E-state index < -0.39 is 0 Å². The number of amides is 1. The van der Waals surface area contributed by atoms with Crippen LogP contribution in [0, 0.1) is 6.92 Å². The van der Waals surface area contributed by atoms with Crippen molar-refractivity contribution in [2.24, 2.45) is 0 Å². The quantitative estimate of drug-likeness (QED) is 0.544. The van der Waals surface area contributed by atoms with Gasteiger partial charge in [-0.25, -0.2) is 4.52 Å². The molecular formula is C20H17ClN4OS. The Morgan fingerprint density at radius 1 is 1.22 bits per heavy atom. The molecule has 0 saturated heterocycles. The first-order chi connectivity index (χ1) is 13.1. The van der Waals surface area contributed by atoms with Gasteiger partial charge in [-0.05, 0) is 31.2 Å². The van der Waals surface area contributed by atoms with E-state index in [-0.39, 0.29) is 5.91 Å². The molecular weight excluding hydrogens is 380 g/mol. The number of fused-ring (bicyclic) bond motifs is 1. The lowest BCUT2D eigenvalue weighted by Gasteiger charge is -2.05. The second kappa shape index (κ2) is 7.50. The Hall–Kier alpha value is -2.70. The molecule has 0 aliphatic rings. The van der Waals surface area contributed by atoms with Gasteiger partial charge < -0.3 is 5.32 Å². The second-order valence-electron chi connectivity index (χ2n) is 6.24. The van der Waals surface area contributed by atoms with Crippen LogP contribution in [0.25, 0.3) is 16.3 Å². The first-order valence-electron chi connectivity index (χ1n) is 8.54. The fraction of sp³-hybridized carbons (Fsp3) is 0.150. The summed E-state index contributed by atoms with van der Waals surface area (Å²) in [4.78, 5) is 17.7. The van der Waals surface area contributed by atoms with Crippen LogP contribution in [0.15, 0.2) is 53.9 Å². The SMILES string of the molecule is Cc1cccc(-c2nc3scc(CCNC(=O)c4cccc(Cl)c4)n3n2)c1. The molecule has 136 valence electrons. The minimum atomic E-state index is -0.136. The van der Waals surface area contributed by atoms with Crippen molar-refractivity contribution in [3.05, 3.63) is 75.8 Å². The van der Waals surface area contributed by atoms with Crippen LogP contribution in [-0.2, 0) is 6.42 Å². The van der Waals surface area contributed by atoms with Crippen LogP contribution in [0.5, 0.6) is 0 Å². The van der Waals surface area contributed by atoms with Gasteiger partial charge in [0.05, 0.1) is 5.69 Å². The van der Waals surface area contributed by atoms with E-state index in [1.54, 1.807) is 35.6 Å². The normalized spacial score (nSPS) is 11.0. The summed E-state index contributed by atoms with van der Waals surface area (Å²) in [6, 6.07) is 15.1. The number of rotatable bonds is 5. The molecule has 0 aliphatic heterocycles. The topological polar surface area (TPSA) is 59.3 Å². The van der Waals surface area contributed by atoms with Gasteiger partial charge in [-0.15, -0.1) is 16.4 Å². The Kier molecular flexibility index (Phi) is 4.92. The zero-order valence-corrected chi connectivity index (χ0v) is 16.2. The molecule has 4 aromatic rings. The van der Waals surface area contributed by atoms with Crippen molar-refractivity contribution in [1.29, 1.82) is 0 Å². The van der Waals surface area contributed by atoms with Gasteiger partial charge >= 0.3 is 0 Å². The molecule has 0 radical (unpaired) electrons. The van der Waals surface area contributed by atoms with E-state index in [1.807, 2.05) is 22.0 Å². The smallest absolute Gasteiger partial charge is 0.251 e. The van der Waals surface area contributed by atoms with E-state index in [9.17, 15) is 4.79 Å². The number of nitrogens with zero attached hydrogens (tertiary/aromatic N) is 3. The third-order valence-electron chi connectivity index (χ3n) is 4.18. The Labute approximate surface area is 165 Å². The zero-order valence-electron chi connectivity index (χ0n) is 14.6. The van der Waals surface area contributed by atoms with E-state index in [4.69, 9.17) is 11.6 Å². The fourth-order valence-electron chi connectivity index (χ4n) is 2.84. The summed E-state index contributed by atoms with van der Waals surface area (Å²) in [7, 11) is 0. The predicted octanol–water partition coefficient (Wildman–Crippen LogP) is 4.39. The van der Waals surface area contributed by atoms with Crippen molar-refractivity contribution in [3.63, 3.8) is 0 Å². The van der Waals surface area contributed by atoms with Gasteiger partial charge in [-0.3, -0.25) is 4.79 Å². The van der Waals surface area contributed by atoms with Gasteiger partial charge in [0.1, 0.15) is 0 Å².